The zero-order valence-electron chi connectivity index (χ0n) is 16.3. The van der Waals surface area contributed by atoms with Crippen molar-refractivity contribution in [3.63, 3.8) is 0 Å². The van der Waals surface area contributed by atoms with Crippen LogP contribution in [0.2, 0.25) is 0 Å². The first kappa shape index (κ1) is 20.3. The quantitative estimate of drug-likeness (QED) is 0.747. The summed E-state index contributed by atoms with van der Waals surface area (Å²) in [5.41, 5.74) is 2.07. The molecule has 2 rings (SSSR count). The predicted octanol–water partition coefficient (Wildman–Crippen LogP) is 3.47. The number of anilines is 2. The molecule has 0 bridgehead atoms. The second kappa shape index (κ2) is 9.62. The molecular weight excluding hydrogens is 342 g/mol. The molecule has 0 aliphatic heterocycles. The molecule has 0 saturated heterocycles. The van der Waals surface area contributed by atoms with Gasteiger partial charge in [0.15, 0.2) is 0 Å². The van der Waals surface area contributed by atoms with Crippen molar-refractivity contribution in [1.29, 1.82) is 0 Å². The molecule has 0 spiro atoms. The van der Waals surface area contributed by atoms with E-state index >= 15 is 0 Å². The van der Waals surface area contributed by atoms with E-state index in [-0.39, 0.29) is 18.4 Å². The third kappa shape index (κ3) is 6.66. The fourth-order valence-electron chi connectivity index (χ4n) is 2.27. The number of nitrogens with zero attached hydrogens (tertiary/aromatic N) is 1. The molecule has 2 aromatic rings. The largest absolute Gasteiger partial charge is 0.493 e. The molecule has 0 atom stereocenters. The summed E-state index contributed by atoms with van der Waals surface area (Å²) in [5, 5.41) is 5.87. The molecule has 0 aliphatic rings. The van der Waals surface area contributed by atoms with E-state index in [9.17, 15) is 9.59 Å². The van der Waals surface area contributed by atoms with E-state index in [4.69, 9.17) is 4.74 Å². The summed E-state index contributed by atoms with van der Waals surface area (Å²) in [6.07, 6.45) is 0. The summed E-state index contributed by atoms with van der Waals surface area (Å²) < 4.78 is 5.63. The Bertz CT molecular complexity index is 753. The number of amides is 2. The molecule has 27 heavy (non-hydrogen) atoms. The minimum atomic E-state index is -0.165. The standard InChI is InChI=1S/C21H27N3O3/c1-15(2)14-27-19-11-9-17(10-12-19)22-13-20(25)23-18-7-5-16(6-8-18)21(26)24(3)4/h5-12,15,22H,13-14H2,1-4H3,(H,23,25). The van der Waals surface area contributed by atoms with Crippen LogP contribution in [0.5, 0.6) is 5.75 Å². The predicted molar refractivity (Wildman–Crippen MR) is 108 cm³/mol. The number of hydrogen-bond acceptors (Lipinski definition) is 4. The number of carbonyl (C=O) groups is 2. The number of carbonyl (C=O) groups excluding carboxylic acids is 2. The Balaban J connectivity index is 1.81. The van der Waals surface area contributed by atoms with Crippen molar-refractivity contribution in [2.45, 2.75) is 13.8 Å². The molecule has 0 aromatic heterocycles. The van der Waals surface area contributed by atoms with Crippen LogP contribution in [-0.2, 0) is 4.79 Å². The smallest absolute Gasteiger partial charge is 0.253 e. The number of rotatable bonds is 8. The Kier molecular flexibility index (Phi) is 7.23. The topological polar surface area (TPSA) is 70.7 Å². The highest BCUT2D eigenvalue weighted by Gasteiger charge is 2.08. The summed E-state index contributed by atoms with van der Waals surface area (Å²) >= 11 is 0. The van der Waals surface area contributed by atoms with Gasteiger partial charge in [0.25, 0.3) is 5.91 Å². The van der Waals surface area contributed by atoms with Crippen molar-refractivity contribution in [2.24, 2.45) is 5.92 Å². The molecule has 0 heterocycles. The average molecular weight is 369 g/mol. The van der Waals surface area contributed by atoms with Gasteiger partial charge in [-0.15, -0.1) is 0 Å². The van der Waals surface area contributed by atoms with Gasteiger partial charge < -0.3 is 20.3 Å². The Morgan fingerprint density at radius 3 is 2.11 bits per heavy atom. The molecule has 0 radical (unpaired) electrons. The van der Waals surface area contributed by atoms with E-state index in [1.165, 1.54) is 4.90 Å². The van der Waals surface area contributed by atoms with Crippen LogP contribution in [-0.4, -0.2) is 44.0 Å². The minimum absolute atomic E-state index is 0.0737. The van der Waals surface area contributed by atoms with Crippen molar-refractivity contribution in [3.05, 3.63) is 54.1 Å². The summed E-state index contributed by atoms with van der Waals surface area (Å²) in [5.74, 6) is 1.05. The van der Waals surface area contributed by atoms with Crippen molar-refractivity contribution < 1.29 is 14.3 Å². The molecule has 6 nitrogen and oxygen atoms in total. The van der Waals surface area contributed by atoms with E-state index in [0.717, 1.165) is 11.4 Å². The van der Waals surface area contributed by atoms with Gasteiger partial charge in [0, 0.05) is 31.0 Å². The summed E-state index contributed by atoms with van der Waals surface area (Å²) in [4.78, 5) is 25.4. The molecule has 2 aromatic carbocycles. The lowest BCUT2D eigenvalue weighted by atomic mass is 10.2. The maximum Gasteiger partial charge on any atom is 0.253 e. The highest BCUT2D eigenvalue weighted by atomic mass is 16.5. The number of benzene rings is 2. The van der Waals surface area contributed by atoms with Gasteiger partial charge in [-0.2, -0.15) is 0 Å². The van der Waals surface area contributed by atoms with Crippen LogP contribution in [0.4, 0.5) is 11.4 Å². The van der Waals surface area contributed by atoms with Crippen molar-refractivity contribution >= 4 is 23.2 Å². The van der Waals surface area contributed by atoms with Crippen LogP contribution in [0.3, 0.4) is 0 Å². The second-order valence-electron chi connectivity index (χ2n) is 6.91. The summed E-state index contributed by atoms with van der Waals surface area (Å²) in [6.45, 7) is 5.02. The van der Waals surface area contributed by atoms with Gasteiger partial charge in [-0.3, -0.25) is 9.59 Å². The van der Waals surface area contributed by atoms with E-state index in [2.05, 4.69) is 24.5 Å². The van der Waals surface area contributed by atoms with Crippen molar-refractivity contribution in [1.82, 2.24) is 4.90 Å². The van der Waals surface area contributed by atoms with Gasteiger partial charge in [0.1, 0.15) is 5.75 Å². The molecule has 2 amide bonds. The second-order valence-corrected chi connectivity index (χ2v) is 6.91. The molecule has 2 N–H and O–H groups in total. The molecular formula is C21H27N3O3. The lowest BCUT2D eigenvalue weighted by Gasteiger charge is -2.12. The van der Waals surface area contributed by atoms with Gasteiger partial charge in [-0.05, 0) is 54.4 Å². The van der Waals surface area contributed by atoms with Crippen molar-refractivity contribution in [2.75, 3.05) is 37.9 Å². The Morgan fingerprint density at radius 1 is 0.963 bits per heavy atom. The number of ether oxygens (including phenoxy) is 1. The molecule has 0 fully saturated rings. The maximum absolute atomic E-state index is 12.1. The van der Waals surface area contributed by atoms with Gasteiger partial charge in [-0.25, -0.2) is 0 Å². The first-order chi connectivity index (χ1) is 12.8. The average Bonchev–Trinajstić information content (AvgIpc) is 2.65. The third-order valence-electron chi connectivity index (χ3n) is 3.71. The molecule has 144 valence electrons. The Hall–Kier alpha value is -3.02. The zero-order chi connectivity index (χ0) is 19.8. The molecule has 0 aliphatic carbocycles. The zero-order valence-corrected chi connectivity index (χ0v) is 16.3. The highest BCUT2D eigenvalue weighted by molar-refractivity contribution is 5.96. The van der Waals surface area contributed by atoms with Gasteiger partial charge in [0.05, 0.1) is 13.2 Å². The lowest BCUT2D eigenvalue weighted by molar-refractivity contribution is -0.114. The van der Waals surface area contributed by atoms with E-state index in [1.807, 2.05) is 24.3 Å². The SMILES string of the molecule is CC(C)COc1ccc(NCC(=O)Nc2ccc(C(=O)N(C)C)cc2)cc1. The van der Waals surface area contributed by atoms with Crippen LogP contribution in [0.25, 0.3) is 0 Å². The van der Waals surface area contributed by atoms with Crippen LogP contribution in [0.15, 0.2) is 48.5 Å². The first-order valence-corrected chi connectivity index (χ1v) is 8.93. The Morgan fingerprint density at radius 2 is 1.56 bits per heavy atom. The van der Waals surface area contributed by atoms with Crippen molar-refractivity contribution in [3.8, 4) is 5.75 Å². The molecule has 0 unspecified atom stereocenters. The fourth-order valence-corrected chi connectivity index (χ4v) is 2.27. The van der Waals surface area contributed by atoms with Crippen LogP contribution < -0.4 is 15.4 Å². The Labute approximate surface area is 160 Å². The normalized spacial score (nSPS) is 10.4. The van der Waals surface area contributed by atoms with Gasteiger partial charge in [0.2, 0.25) is 5.91 Å². The van der Waals surface area contributed by atoms with Crippen LogP contribution in [0.1, 0.15) is 24.2 Å². The highest BCUT2D eigenvalue weighted by Crippen LogP contribution is 2.16. The number of nitrogens with one attached hydrogen (secondary N) is 2. The van der Waals surface area contributed by atoms with E-state index in [0.29, 0.717) is 23.8 Å². The third-order valence-corrected chi connectivity index (χ3v) is 3.71. The van der Waals surface area contributed by atoms with E-state index < -0.39 is 0 Å². The van der Waals surface area contributed by atoms with Gasteiger partial charge in [-0.1, -0.05) is 13.8 Å². The van der Waals surface area contributed by atoms with Gasteiger partial charge >= 0.3 is 0 Å². The minimum Gasteiger partial charge on any atom is -0.493 e. The number of hydrogen-bond donors (Lipinski definition) is 2. The summed E-state index contributed by atoms with van der Waals surface area (Å²) in [7, 11) is 3.40. The monoisotopic (exact) mass is 369 g/mol. The van der Waals surface area contributed by atoms with Crippen LogP contribution >= 0.6 is 0 Å². The molecule has 0 saturated carbocycles. The van der Waals surface area contributed by atoms with Crippen LogP contribution in [0, 0.1) is 5.92 Å². The first-order valence-electron chi connectivity index (χ1n) is 8.93. The van der Waals surface area contributed by atoms with E-state index in [1.54, 1.807) is 38.4 Å². The lowest BCUT2D eigenvalue weighted by Crippen LogP contribution is -2.22. The maximum atomic E-state index is 12.1. The summed E-state index contributed by atoms with van der Waals surface area (Å²) in [6, 6.07) is 14.3. The molecule has 6 heteroatoms. The fraction of sp³-hybridized carbons (Fsp3) is 0.333.